The standard InChI is InChI=1S/C16H26N2O2/c1-12(15-11-14(20-2)3-4-16(15)19)18-9-6-13(5-8-17)7-10-18/h3-4,11-13,19H,5-10,17H2,1-2H3. The van der Waals surface area contributed by atoms with Gasteiger partial charge in [0, 0.05) is 11.6 Å². The first-order valence-electron chi connectivity index (χ1n) is 7.46. The number of ether oxygens (including phenoxy) is 1. The highest BCUT2D eigenvalue weighted by molar-refractivity contribution is 5.41. The first-order valence-corrected chi connectivity index (χ1v) is 7.46. The Hall–Kier alpha value is -1.26. The molecular weight excluding hydrogens is 252 g/mol. The van der Waals surface area contributed by atoms with Crippen molar-refractivity contribution in [2.75, 3.05) is 26.7 Å². The summed E-state index contributed by atoms with van der Waals surface area (Å²) in [6.07, 6.45) is 3.53. The molecule has 0 saturated carbocycles. The molecule has 1 aromatic carbocycles. The Balaban J connectivity index is 2.03. The number of nitrogens with zero attached hydrogens (tertiary/aromatic N) is 1. The number of rotatable bonds is 5. The number of methoxy groups -OCH3 is 1. The Kier molecular flexibility index (Phi) is 5.26. The van der Waals surface area contributed by atoms with E-state index < -0.39 is 0 Å². The largest absolute Gasteiger partial charge is 0.508 e. The molecule has 1 aliphatic heterocycles. The van der Waals surface area contributed by atoms with Crippen LogP contribution in [0.5, 0.6) is 11.5 Å². The van der Waals surface area contributed by atoms with Crippen LogP contribution in [0.1, 0.15) is 37.8 Å². The van der Waals surface area contributed by atoms with Crippen molar-refractivity contribution >= 4 is 0 Å². The highest BCUT2D eigenvalue weighted by Gasteiger charge is 2.24. The molecule has 20 heavy (non-hydrogen) atoms. The molecule has 1 aliphatic rings. The smallest absolute Gasteiger partial charge is 0.120 e. The van der Waals surface area contributed by atoms with Gasteiger partial charge in [-0.3, -0.25) is 4.90 Å². The maximum absolute atomic E-state index is 10.1. The molecule has 0 radical (unpaired) electrons. The molecule has 0 aliphatic carbocycles. The Labute approximate surface area is 121 Å². The van der Waals surface area contributed by atoms with Gasteiger partial charge in [-0.05, 0) is 69.9 Å². The summed E-state index contributed by atoms with van der Waals surface area (Å²) < 4.78 is 5.25. The van der Waals surface area contributed by atoms with Crippen LogP contribution in [0.3, 0.4) is 0 Å². The van der Waals surface area contributed by atoms with E-state index in [9.17, 15) is 5.11 Å². The van der Waals surface area contributed by atoms with E-state index in [0.717, 1.165) is 43.3 Å². The minimum atomic E-state index is 0.212. The summed E-state index contributed by atoms with van der Waals surface area (Å²) in [6, 6.07) is 5.65. The Bertz CT molecular complexity index is 428. The van der Waals surface area contributed by atoms with Gasteiger partial charge in [0.15, 0.2) is 0 Å². The van der Waals surface area contributed by atoms with Gasteiger partial charge in [-0.1, -0.05) is 0 Å². The minimum absolute atomic E-state index is 0.212. The summed E-state index contributed by atoms with van der Waals surface area (Å²) in [7, 11) is 1.65. The SMILES string of the molecule is COc1ccc(O)c(C(C)N2CCC(CCN)CC2)c1. The third-order valence-electron chi connectivity index (χ3n) is 4.46. The second kappa shape index (κ2) is 6.95. The third-order valence-corrected chi connectivity index (χ3v) is 4.46. The summed E-state index contributed by atoms with van der Waals surface area (Å²) in [5.41, 5.74) is 6.58. The number of hydrogen-bond donors (Lipinski definition) is 2. The van der Waals surface area contributed by atoms with Crippen molar-refractivity contribution in [1.82, 2.24) is 4.90 Å². The van der Waals surface area contributed by atoms with Gasteiger partial charge in [-0.25, -0.2) is 0 Å². The molecule has 1 unspecified atom stereocenters. The number of nitrogens with two attached hydrogens (primary N) is 1. The van der Waals surface area contributed by atoms with E-state index in [4.69, 9.17) is 10.5 Å². The molecule has 1 atom stereocenters. The maximum Gasteiger partial charge on any atom is 0.120 e. The average Bonchev–Trinajstić information content (AvgIpc) is 2.48. The number of benzene rings is 1. The highest BCUT2D eigenvalue weighted by atomic mass is 16.5. The molecular formula is C16H26N2O2. The van der Waals surface area contributed by atoms with E-state index in [1.54, 1.807) is 19.2 Å². The van der Waals surface area contributed by atoms with Gasteiger partial charge in [0.05, 0.1) is 7.11 Å². The molecule has 3 N–H and O–H groups in total. The number of phenols is 1. The summed E-state index contributed by atoms with van der Waals surface area (Å²) in [5.74, 6) is 1.91. The molecule has 0 bridgehead atoms. The monoisotopic (exact) mass is 278 g/mol. The molecule has 1 aromatic rings. The molecule has 0 amide bonds. The van der Waals surface area contributed by atoms with E-state index in [1.807, 2.05) is 6.07 Å². The van der Waals surface area contributed by atoms with E-state index >= 15 is 0 Å². The molecule has 112 valence electrons. The fraction of sp³-hybridized carbons (Fsp3) is 0.625. The predicted octanol–water partition coefficient (Wildman–Crippen LogP) is 2.52. The van der Waals surface area contributed by atoms with Crippen molar-refractivity contribution in [2.24, 2.45) is 11.7 Å². The zero-order chi connectivity index (χ0) is 14.5. The Morgan fingerprint density at radius 3 is 2.70 bits per heavy atom. The summed E-state index contributed by atoms with van der Waals surface area (Å²) in [5, 5.41) is 10.1. The summed E-state index contributed by atoms with van der Waals surface area (Å²) in [4.78, 5) is 2.43. The van der Waals surface area contributed by atoms with Crippen molar-refractivity contribution in [1.29, 1.82) is 0 Å². The van der Waals surface area contributed by atoms with Crippen molar-refractivity contribution in [3.8, 4) is 11.5 Å². The van der Waals surface area contributed by atoms with Gasteiger partial charge in [0.25, 0.3) is 0 Å². The summed E-state index contributed by atoms with van der Waals surface area (Å²) >= 11 is 0. The lowest BCUT2D eigenvalue weighted by Crippen LogP contribution is -2.36. The van der Waals surface area contributed by atoms with E-state index in [0.29, 0.717) is 5.75 Å². The number of piperidine rings is 1. The quantitative estimate of drug-likeness (QED) is 0.869. The van der Waals surface area contributed by atoms with Crippen LogP contribution in [0, 0.1) is 5.92 Å². The van der Waals surface area contributed by atoms with Gasteiger partial charge < -0.3 is 15.6 Å². The molecule has 2 rings (SSSR count). The van der Waals surface area contributed by atoms with Crippen LogP contribution in [0.4, 0.5) is 0 Å². The minimum Gasteiger partial charge on any atom is -0.508 e. The van der Waals surface area contributed by atoms with Gasteiger partial charge in [-0.15, -0.1) is 0 Å². The second-order valence-corrected chi connectivity index (χ2v) is 5.66. The summed E-state index contributed by atoms with van der Waals surface area (Å²) in [6.45, 7) is 5.08. The van der Waals surface area contributed by atoms with Crippen molar-refractivity contribution in [3.63, 3.8) is 0 Å². The van der Waals surface area contributed by atoms with E-state index in [1.165, 1.54) is 12.8 Å². The predicted molar refractivity (Wildman–Crippen MR) is 81.0 cm³/mol. The van der Waals surface area contributed by atoms with Gasteiger partial charge in [0.1, 0.15) is 11.5 Å². The number of likely N-dealkylation sites (tertiary alicyclic amines) is 1. The number of phenolic OH excluding ortho intramolecular Hbond substituents is 1. The first kappa shape index (κ1) is 15.1. The zero-order valence-corrected chi connectivity index (χ0v) is 12.5. The van der Waals surface area contributed by atoms with Crippen LogP contribution in [-0.4, -0.2) is 36.8 Å². The molecule has 1 heterocycles. The van der Waals surface area contributed by atoms with Crippen molar-refractivity contribution < 1.29 is 9.84 Å². The van der Waals surface area contributed by atoms with E-state index in [-0.39, 0.29) is 6.04 Å². The number of aromatic hydroxyl groups is 1. The first-order chi connectivity index (χ1) is 9.65. The van der Waals surface area contributed by atoms with Crippen LogP contribution in [0.2, 0.25) is 0 Å². The molecule has 1 fully saturated rings. The van der Waals surface area contributed by atoms with Crippen molar-refractivity contribution in [3.05, 3.63) is 23.8 Å². The van der Waals surface area contributed by atoms with Crippen LogP contribution in [0.15, 0.2) is 18.2 Å². The third kappa shape index (κ3) is 3.44. The molecule has 4 heteroatoms. The molecule has 0 aromatic heterocycles. The van der Waals surface area contributed by atoms with Crippen LogP contribution in [-0.2, 0) is 0 Å². The average molecular weight is 278 g/mol. The Morgan fingerprint density at radius 2 is 2.10 bits per heavy atom. The topological polar surface area (TPSA) is 58.7 Å². The van der Waals surface area contributed by atoms with Crippen LogP contribution >= 0.6 is 0 Å². The highest BCUT2D eigenvalue weighted by Crippen LogP contribution is 2.34. The fourth-order valence-electron chi connectivity index (χ4n) is 3.06. The Morgan fingerprint density at radius 1 is 1.40 bits per heavy atom. The fourth-order valence-corrected chi connectivity index (χ4v) is 3.06. The van der Waals surface area contributed by atoms with Gasteiger partial charge in [-0.2, -0.15) is 0 Å². The number of hydrogen-bond acceptors (Lipinski definition) is 4. The van der Waals surface area contributed by atoms with Gasteiger partial charge in [0.2, 0.25) is 0 Å². The van der Waals surface area contributed by atoms with Crippen LogP contribution in [0.25, 0.3) is 0 Å². The molecule has 0 spiro atoms. The van der Waals surface area contributed by atoms with Gasteiger partial charge >= 0.3 is 0 Å². The van der Waals surface area contributed by atoms with Crippen molar-refractivity contribution in [2.45, 2.75) is 32.2 Å². The van der Waals surface area contributed by atoms with Crippen LogP contribution < -0.4 is 10.5 Å². The lowest BCUT2D eigenvalue weighted by atomic mass is 9.92. The maximum atomic E-state index is 10.1. The molecule has 4 nitrogen and oxygen atoms in total. The lowest BCUT2D eigenvalue weighted by Gasteiger charge is -2.36. The zero-order valence-electron chi connectivity index (χ0n) is 12.5. The van der Waals surface area contributed by atoms with E-state index in [2.05, 4.69) is 11.8 Å². The lowest BCUT2D eigenvalue weighted by molar-refractivity contribution is 0.136. The second-order valence-electron chi connectivity index (χ2n) is 5.66. The molecule has 1 saturated heterocycles. The normalized spacial score (nSPS) is 18.9.